The van der Waals surface area contributed by atoms with Gasteiger partial charge in [0.05, 0.1) is 6.04 Å². The van der Waals surface area contributed by atoms with Crippen molar-refractivity contribution in [3.05, 3.63) is 34.0 Å². The molecule has 14 heavy (non-hydrogen) atoms. The summed E-state index contributed by atoms with van der Waals surface area (Å²) in [6.07, 6.45) is 2.66. The van der Waals surface area contributed by atoms with Gasteiger partial charge in [-0.3, -0.25) is 4.57 Å². The molecule has 0 aliphatic rings. The van der Waals surface area contributed by atoms with Gasteiger partial charge in [-0.25, -0.2) is 0 Å². The predicted molar refractivity (Wildman–Crippen MR) is 57.8 cm³/mol. The topological polar surface area (TPSA) is 30.7 Å². The van der Waals surface area contributed by atoms with E-state index in [1.54, 1.807) is 17.7 Å². The van der Waals surface area contributed by atoms with Gasteiger partial charge >= 0.3 is 0 Å². The number of halogens is 1. The Hall–Kier alpha value is -0.870. The molecule has 0 radical (unpaired) electrons. The fourth-order valence-corrected chi connectivity index (χ4v) is 2.57. The summed E-state index contributed by atoms with van der Waals surface area (Å²) >= 11 is 7.65. The standard InChI is InChI=1S/C9H10ClN3S/c1-2-7(8-4-3-5-14-8)13-6-11-12-9(13)10/h3-7H,2H2,1H3. The number of thiophene rings is 1. The lowest BCUT2D eigenvalue weighted by atomic mass is 10.2. The molecule has 2 heterocycles. The molecule has 2 aromatic rings. The van der Waals surface area contributed by atoms with Crippen LogP contribution < -0.4 is 0 Å². The molecule has 0 bridgehead atoms. The molecule has 0 aliphatic carbocycles. The third-order valence-electron chi connectivity index (χ3n) is 2.12. The Labute approximate surface area is 91.4 Å². The van der Waals surface area contributed by atoms with Crippen molar-refractivity contribution < 1.29 is 0 Å². The zero-order chi connectivity index (χ0) is 9.97. The third kappa shape index (κ3) is 1.67. The van der Waals surface area contributed by atoms with Crippen molar-refractivity contribution in [3.8, 4) is 0 Å². The van der Waals surface area contributed by atoms with E-state index in [9.17, 15) is 0 Å². The maximum absolute atomic E-state index is 5.92. The van der Waals surface area contributed by atoms with E-state index in [1.807, 2.05) is 10.6 Å². The Kier molecular flexibility index (Phi) is 2.84. The smallest absolute Gasteiger partial charge is 0.225 e. The number of hydrogen-bond donors (Lipinski definition) is 0. The quantitative estimate of drug-likeness (QED) is 0.807. The van der Waals surface area contributed by atoms with Crippen LogP contribution in [0, 0.1) is 0 Å². The van der Waals surface area contributed by atoms with Crippen LogP contribution in [0.2, 0.25) is 5.28 Å². The average Bonchev–Trinajstić information content (AvgIpc) is 2.80. The van der Waals surface area contributed by atoms with Crippen molar-refractivity contribution in [1.29, 1.82) is 0 Å². The van der Waals surface area contributed by atoms with Crippen molar-refractivity contribution in [2.24, 2.45) is 0 Å². The minimum Gasteiger partial charge on any atom is -0.296 e. The SMILES string of the molecule is CCC(c1cccs1)n1cnnc1Cl. The lowest BCUT2D eigenvalue weighted by molar-refractivity contribution is 0.574. The van der Waals surface area contributed by atoms with Crippen LogP contribution in [-0.2, 0) is 0 Å². The van der Waals surface area contributed by atoms with Crippen LogP contribution >= 0.6 is 22.9 Å². The molecule has 2 rings (SSSR count). The normalized spacial score (nSPS) is 13.0. The van der Waals surface area contributed by atoms with Crippen molar-refractivity contribution in [2.75, 3.05) is 0 Å². The fourth-order valence-electron chi connectivity index (χ4n) is 1.45. The van der Waals surface area contributed by atoms with Crippen LogP contribution in [0.5, 0.6) is 0 Å². The highest BCUT2D eigenvalue weighted by Crippen LogP contribution is 2.27. The highest BCUT2D eigenvalue weighted by atomic mass is 35.5. The Morgan fingerprint density at radius 3 is 3.00 bits per heavy atom. The number of nitrogens with zero attached hydrogens (tertiary/aromatic N) is 3. The molecule has 1 unspecified atom stereocenters. The largest absolute Gasteiger partial charge is 0.296 e. The number of rotatable bonds is 3. The van der Waals surface area contributed by atoms with Gasteiger partial charge < -0.3 is 0 Å². The average molecular weight is 228 g/mol. The summed E-state index contributed by atoms with van der Waals surface area (Å²) in [6.45, 7) is 2.13. The minimum absolute atomic E-state index is 0.262. The second-order valence-electron chi connectivity index (χ2n) is 2.95. The first-order valence-corrected chi connectivity index (χ1v) is 5.67. The van der Waals surface area contributed by atoms with E-state index in [0.717, 1.165) is 6.42 Å². The lowest BCUT2D eigenvalue weighted by Gasteiger charge is -2.14. The van der Waals surface area contributed by atoms with Crippen LogP contribution in [-0.4, -0.2) is 14.8 Å². The van der Waals surface area contributed by atoms with Gasteiger partial charge in [0, 0.05) is 4.88 Å². The van der Waals surface area contributed by atoms with E-state index < -0.39 is 0 Å². The van der Waals surface area contributed by atoms with Gasteiger partial charge in [0.2, 0.25) is 5.28 Å². The number of aromatic nitrogens is 3. The van der Waals surface area contributed by atoms with Gasteiger partial charge in [0.1, 0.15) is 6.33 Å². The molecule has 2 aromatic heterocycles. The molecule has 0 fully saturated rings. The van der Waals surface area contributed by atoms with Crippen LogP contribution in [0.3, 0.4) is 0 Å². The van der Waals surface area contributed by atoms with E-state index in [0.29, 0.717) is 5.28 Å². The van der Waals surface area contributed by atoms with E-state index >= 15 is 0 Å². The predicted octanol–water partition coefficient (Wildman–Crippen LogP) is 2.99. The summed E-state index contributed by atoms with van der Waals surface area (Å²) in [5, 5.41) is 10.1. The zero-order valence-electron chi connectivity index (χ0n) is 7.72. The molecule has 0 aromatic carbocycles. The Balaban J connectivity index is 2.36. The van der Waals surface area contributed by atoms with Crippen LogP contribution in [0.15, 0.2) is 23.8 Å². The van der Waals surface area contributed by atoms with E-state index in [1.165, 1.54) is 4.88 Å². The summed E-state index contributed by atoms with van der Waals surface area (Å²) in [5.41, 5.74) is 0. The third-order valence-corrected chi connectivity index (χ3v) is 3.37. The molecule has 5 heteroatoms. The molecule has 1 atom stereocenters. The Bertz CT molecular complexity index is 396. The van der Waals surface area contributed by atoms with Gasteiger partial charge in [0.15, 0.2) is 0 Å². The van der Waals surface area contributed by atoms with Crippen LogP contribution in [0.4, 0.5) is 0 Å². The summed E-state index contributed by atoms with van der Waals surface area (Å²) in [5.74, 6) is 0. The lowest BCUT2D eigenvalue weighted by Crippen LogP contribution is -2.07. The van der Waals surface area contributed by atoms with Crippen molar-refractivity contribution in [1.82, 2.24) is 14.8 Å². The maximum atomic E-state index is 5.92. The molecular weight excluding hydrogens is 218 g/mol. The molecule has 0 spiro atoms. The van der Waals surface area contributed by atoms with Crippen molar-refractivity contribution in [3.63, 3.8) is 0 Å². The molecule has 3 nitrogen and oxygen atoms in total. The summed E-state index contributed by atoms with van der Waals surface area (Å²) in [7, 11) is 0. The summed E-state index contributed by atoms with van der Waals surface area (Å²) in [6, 6.07) is 4.41. The summed E-state index contributed by atoms with van der Waals surface area (Å²) < 4.78 is 1.90. The first-order chi connectivity index (χ1) is 6.83. The second kappa shape index (κ2) is 4.11. The molecule has 0 saturated carbocycles. The van der Waals surface area contributed by atoms with E-state index in [-0.39, 0.29) is 6.04 Å². The first kappa shape index (κ1) is 9.68. The second-order valence-corrected chi connectivity index (χ2v) is 4.26. The molecule has 0 aliphatic heterocycles. The Morgan fingerprint density at radius 1 is 1.64 bits per heavy atom. The van der Waals surface area contributed by atoms with Crippen molar-refractivity contribution in [2.45, 2.75) is 19.4 Å². The molecule has 0 N–H and O–H groups in total. The first-order valence-electron chi connectivity index (χ1n) is 4.41. The molecular formula is C9H10ClN3S. The highest BCUT2D eigenvalue weighted by Gasteiger charge is 2.15. The van der Waals surface area contributed by atoms with Gasteiger partial charge in [-0.2, -0.15) is 0 Å². The maximum Gasteiger partial charge on any atom is 0.225 e. The zero-order valence-corrected chi connectivity index (χ0v) is 9.29. The molecule has 74 valence electrons. The molecule has 0 saturated heterocycles. The minimum atomic E-state index is 0.262. The van der Waals surface area contributed by atoms with Gasteiger partial charge in [-0.15, -0.1) is 21.5 Å². The van der Waals surface area contributed by atoms with Crippen molar-refractivity contribution >= 4 is 22.9 Å². The van der Waals surface area contributed by atoms with Crippen LogP contribution in [0.1, 0.15) is 24.3 Å². The van der Waals surface area contributed by atoms with Gasteiger partial charge in [-0.1, -0.05) is 13.0 Å². The monoisotopic (exact) mass is 227 g/mol. The van der Waals surface area contributed by atoms with Gasteiger partial charge in [-0.05, 0) is 29.5 Å². The number of hydrogen-bond acceptors (Lipinski definition) is 3. The van der Waals surface area contributed by atoms with E-state index in [2.05, 4.69) is 28.6 Å². The summed E-state index contributed by atoms with van der Waals surface area (Å²) in [4.78, 5) is 1.29. The Morgan fingerprint density at radius 2 is 2.50 bits per heavy atom. The highest BCUT2D eigenvalue weighted by molar-refractivity contribution is 7.10. The van der Waals surface area contributed by atoms with Crippen LogP contribution in [0.25, 0.3) is 0 Å². The van der Waals surface area contributed by atoms with Gasteiger partial charge in [0.25, 0.3) is 0 Å². The molecule has 0 amide bonds. The fraction of sp³-hybridized carbons (Fsp3) is 0.333. The van der Waals surface area contributed by atoms with E-state index in [4.69, 9.17) is 11.6 Å².